The van der Waals surface area contributed by atoms with E-state index in [4.69, 9.17) is 9.47 Å². The highest BCUT2D eigenvalue weighted by molar-refractivity contribution is 6.05. The van der Waals surface area contributed by atoms with Crippen molar-refractivity contribution in [3.63, 3.8) is 0 Å². The Kier molecular flexibility index (Phi) is 4.25. The highest BCUT2D eigenvalue weighted by Crippen LogP contribution is 2.34. The van der Waals surface area contributed by atoms with Crippen LogP contribution in [0.1, 0.15) is 5.56 Å². The van der Waals surface area contributed by atoms with Gasteiger partial charge in [0.1, 0.15) is 0 Å². The summed E-state index contributed by atoms with van der Waals surface area (Å²) >= 11 is 0. The largest absolute Gasteiger partial charge is 0.454 e. The van der Waals surface area contributed by atoms with Crippen LogP contribution < -0.4 is 20.1 Å². The fraction of sp³-hybridized carbons (Fsp3) is 0.0909. The Bertz CT molecular complexity index is 1190. The van der Waals surface area contributed by atoms with Crippen molar-refractivity contribution in [2.45, 2.75) is 6.54 Å². The second-order valence-corrected chi connectivity index (χ2v) is 6.68. The second-order valence-electron chi connectivity index (χ2n) is 6.68. The molecular formula is C22H18N4O3. The van der Waals surface area contributed by atoms with Crippen LogP contribution >= 0.6 is 0 Å². The maximum Gasteiger partial charge on any atom is 0.323 e. The zero-order valence-corrected chi connectivity index (χ0v) is 15.5. The number of nitrogens with zero attached hydrogens (tertiary/aromatic N) is 2. The second kappa shape index (κ2) is 7.20. The third-order valence-electron chi connectivity index (χ3n) is 4.79. The molecule has 2 aromatic carbocycles. The van der Waals surface area contributed by atoms with E-state index in [9.17, 15) is 4.79 Å². The lowest BCUT2D eigenvalue weighted by Crippen LogP contribution is -2.19. The van der Waals surface area contributed by atoms with Crippen molar-refractivity contribution in [3.05, 3.63) is 78.8 Å². The third kappa shape index (κ3) is 3.45. The minimum absolute atomic E-state index is 0.198. The van der Waals surface area contributed by atoms with Crippen LogP contribution in [0.4, 0.5) is 16.2 Å². The van der Waals surface area contributed by atoms with Crippen LogP contribution in [0.3, 0.4) is 0 Å². The van der Waals surface area contributed by atoms with E-state index in [1.54, 1.807) is 30.6 Å². The summed E-state index contributed by atoms with van der Waals surface area (Å²) in [6, 6.07) is 16.8. The molecule has 7 nitrogen and oxygen atoms in total. The average Bonchev–Trinajstić information content (AvgIpc) is 3.36. The molecule has 0 atom stereocenters. The third-order valence-corrected chi connectivity index (χ3v) is 4.79. The summed E-state index contributed by atoms with van der Waals surface area (Å²) in [5.74, 6) is 1.30. The first-order valence-electron chi connectivity index (χ1n) is 9.21. The Morgan fingerprint density at radius 2 is 1.86 bits per heavy atom. The van der Waals surface area contributed by atoms with Crippen molar-refractivity contribution >= 4 is 28.3 Å². The highest BCUT2D eigenvalue weighted by Gasteiger charge is 2.15. The van der Waals surface area contributed by atoms with Crippen molar-refractivity contribution in [1.82, 2.24) is 9.55 Å². The van der Waals surface area contributed by atoms with Crippen molar-refractivity contribution in [1.29, 1.82) is 0 Å². The van der Waals surface area contributed by atoms with Gasteiger partial charge in [-0.2, -0.15) is 0 Å². The summed E-state index contributed by atoms with van der Waals surface area (Å²) in [6.07, 6.45) is 5.59. The van der Waals surface area contributed by atoms with Gasteiger partial charge in [-0.1, -0.05) is 6.07 Å². The number of fused-ring (bicyclic) bond motifs is 2. The van der Waals surface area contributed by atoms with Gasteiger partial charge in [0.25, 0.3) is 0 Å². The Morgan fingerprint density at radius 3 is 2.76 bits per heavy atom. The molecule has 1 aliphatic heterocycles. The Labute approximate surface area is 166 Å². The fourth-order valence-corrected chi connectivity index (χ4v) is 3.41. The molecule has 0 radical (unpaired) electrons. The van der Waals surface area contributed by atoms with Gasteiger partial charge in [-0.3, -0.25) is 4.98 Å². The molecule has 29 heavy (non-hydrogen) atoms. The van der Waals surface area contributed by atoms with Gasteiger partial charge in [0.05, 0.1) is 11.2 Å². The van der Waals surface area contributed by atoms with Crippen molar-refractivity contribution in [3.8, 4) is 11.5 Å². The first kappa shape index (κ1) is 17.1. The number of benzene rings is 2. The minimum Gasteiger partial charge on any atom is -0.454 e. The van der Waals surface area contributed by atoms with Crippen LogP contribution in [0.25, 0.3) is 10.9 Å². The predicted molar refractivity (Wildman–Crippen MR) is 110 cm³/mol. The number of pyridine rings is 1. The molecule has 0 saturated carbocycles. The van der Waals surface area contributed by atoms with Crippen LogP contribution in [0, 0.1) is 0 Å². The zero-order chi connectivity index (χ0) is 19.6. The number of hydrogen-bond donors (Lipinski definition) is 2. The van der Waals surface area contributed by atoms with Gasteiger partial charge in [0.15, 0.2) is 11.5 Å². The summed E-state index contributed by atoms with van der Waals surface area (Å²) in [5, 5.41) is 6.74. The maximum atomic E-state index is 12.5. The number of anilines is 2. The molecule has 0 saturated heterocycles. The normalized spacial score (nSPS) is 12.1. The standard InChI is InChI=1S/C22H18N4O3/c27-22(24-16-4-5-20-21(12-16)29-14-28-20)25-18-2-1-3-19-17(18)8-11-26(19)13-15-6-9-23-10-7-15/h1-12H,13-14H2,(H2,24,25,27). The average molecular weight is 386 g/mol. The van der Waals surface area contributed by atoms with Crippen LogP contribution in [0.5, 0.6) is 11.5 Å². The lowest BCUT2D eigenvalue weighted by atomic mass is 10.2. The quantitative estimate of drug-likeness (QED) is 0.543. The molecule has 144 valence electrons. The molecule has 0 fully saturated rings. The van der Waals surface area contributed by atoms with E-state index in [0.29, 0.717) is 17.2 Å². The van der Waals surface area contributed by atoms with E-state index >= 15 is 0 Å². The van der Waals surface area contributed by atoms with E-state index in [-0.39, 0.29) is 12.8 Å². The van der Waals surface area contributed by atoms with Crippen LogP contribution in [0.2, 0.25) is 0 Å². The Balaban J connectivity index is 1.34. The van der Waals surface area contributed by atoms with Crippen molar-refractivity contribution < 1.29 is 14.3 Å². The van der Waals surface area contributed by atoms with Gasteiger partial charge in [0, 0.05) is 42.3 Å². The summed E-state index contributed by atoms with van der Waals surface area (Å²) in [6.45, 7) is 0.933. The molecule has 5 rings (SSSR count). The minimum atomic E-state index is -0.321. The molecule has 7 heteroatoms. The van der Waals surface area contributed by atoms with Gasteiger partial charge < -0.3 is 24.7 Å². The first-order chi connectivity index (χ1) is 14.3. The SMILES string of the molecule is O=C(Nc1ccc2c(c1)OCO2)Nc1cccc2c1ccn2Cc1ccncc1. The van der Waals surface area contributed by atoms with Crippen LogP contribution in [-0.4, -0.2) is 22.4 Å². The summed E-state index contributed by atoms with van der Waals surface area (Å²) in [4.78, 5) is 16.6. The lowest BCUT2D eigenvalue weighted by molar-refractivity contribution is 0.174. The fourth-order valence-electron chi connectivity index (χ4n) is 3.41. The first-order valence-corrected chi connectivity index (χ1v) is 9.21. The molecule has 2 aromatic heterocycles. The Hall–Kier alpha value is -4.00. The van der Waals surface area contributed by atoms with Crippen molar-refractivity contribution in [2.75, 3.05) is 17.4 Å². The molecule has 0 unspecified atom stereocenters. The van der Waals surface area contributed by atoms with E-state index in [0.717, 1.165) is 28.7 Å². The molecule has 0 bridgehead atoms. The number of ether oxygens (including phenoxy) is 2. The number of carbonyl (C=O) groups is 1. The number of urea groups is 1. The van der Waals surface area contributed by atoms with E-state index in [1.165, 1.54) is 0 Å². The molecule has 2 N–H and O–H groups in total. The van der Waals surface area contributed by atoms with E-state index in [2.05, 4.69) is 20.2 Å². The van der Waals surface area contributed by atoms with Crippen molar-refractivity contribution in [2.24, 2.45) is 0 Å². The topological polar surface area (TPSA) is 77.4 Å². The number of rotatable bonds is 4. The van der Waals surface area contributed by atoms with Crippen LogP contribution in [-0.2, 0) is 6.54 Å². The van der Waals surface area contributed by atoms with Gasteiger partial charge in [-0.25, -0.2) is 4.79 Å². The summed E-state index contributed by atoms with van der Waals surface area (Å²) in [7, 11) is 0. The number of aromatic nitrogens is 2. The molecule has 1 aliphatic rings. The number of nitrogens with one attached hydrogen (secondary N) is 2. The summed E-state index contributed by atoms with van der Waals surface area (Å²) in [5.41, 5.74) is 3.59. The predicted octanol–water partition coefficient (Wildman–Crippen LogP) is 4.46. The number of carbonyl (C=O) groups excluding carboxylic acids is 1. The Morgan fingerprint density at radius 1 is 1.00 bits per heavy atom. The van der Waals surface area contributed by atoms with Crippen LogP contribution in [0.15, 0.2) is 73.2 Å². The molecular weight excluding hydrogens is 368 g/mol. The molecule has 2 amide bonds. The molecule has 0 aliphatic carbocycles. The van der Waals surface area contributed by atoms with Gasteiger partial charge in [0.2, 0.25) is 6.79 Å². The molecule has 0 spiro atoms. The lowest BCUT2D eigenvalue weighted by Gasteiger charge is -2.10. The zero-order valence-electron chi connectivity index (χ0n) is 15.5. The summed E-state index contributed by atoms with van der Waals surface area (Å²) < 4.78 is 12.8. The van der Waals surface area contributed by atoms with E-state index < -0.39 is 0 Å². The van der Waals surface area contributed by atoms with Gasteiger partial charge in [-0.15, -0.1) is 0 Å². The van der Waals surface area contributed by atoms with E-state index in [1.807, 2.05) is 42.6 Å². The monoisotopic (exact) mass is 386 g/mol. The molecule has 3 heterocycles. The number of amides is 2. The number of hydrogen-bond acceptors (Lipinski definition) is 4. The smallest absolute Gasteiger partial charge is 0.323 e. The van der Waals surface area contributed by atoms with Gasteiger partial charge in [-0.05, 0) is 48.0 Å². The van der Waals surface area contributed by atoms with Gasteiger partial charge >= 0.3 is 6.03 Å². The maximum absolute atomic E-state index is 12.5. The molecule has 4 aromatic rings. The highest BCUT2D eigenvalue weighted by atomic mass is 16.7.